The van der Waals surface area contributed by atoms with Crippen LogP contribution in [0.5, 0.6) is 0 Å². The van der Waals surface area contributed by atoms with Gasteiger partial charge in [-0.3, -0.25) is 9.48 Å². The van der Waals surface area contributed by atoms with Crippen molar-refractivity contribution in [3.63, 3.8) is 0 Å². The molecule has 2 heterocycles. The molecule has 5 nitrogen and oxygen atoms in total. The van der Waals surface area contributed by atoms with Crippen molar-refractivity contribution in [2.24, 2.45) is 5.10 Å². The minimum absolute atomic E-state index is 0.121. The number of benzene rings is 1. The first-order chi connectivity index (χ1) is 10.2. The Labute approximate surface area is 123 Å². The van der Waals surface area contributed by atoms with Crippen molar-refractivity contribution in [1.82, 2.24) is 9.78 Å². The number of para-hydroxylation sites is 1. The molecule has 3 rings (SSSR count). The molecule has 0 spiro atoms. The van der Waals surface area contributed by atoms with Crippen LogP contribution in [0.3, 0.4) is 0 Å². The van der Waals surface area contributed by atoms with Gasteiger partial charge < -0.3 is 0 Å². The number of carbonyl (C=O) groups is 1. The van der Waals surface area contributed by atoms with Crippen LogP contribution in [0.1, 0.15) is 19.5 Å². The smallest absolute Gasteiger partial charge is 0.272 e. The second kappa shape index (κ2) is 5.36. The molecule has 2 aromatic rings. The van der Waals surface area contributed by atoms with Gasteiger partial charge in [0.05, 0.1) is 22.7 Å². The van der Waals surface area contributed by atoms with E-state index in [1.807, 2.05) is 61.1 Å². The molecule has 1 aliphatic heterocycles. The minimum atomic E-state index is -0.121. The quantitative estimate of drug-likeness (QED) is 0.812. The number of amides is 1. The van der Waals surface area contributed by atoms with Gasteiger partial charge in [0, 0.05) is 12.7 Å². The summed E-state index contributed by atoms with van der Waals surface area (Å²) in [6.07, 6.45) is 3.68. The third-order valence-electron chi connectivity index (χ3n) is 3.34. The maximum atomic E-state index is 12.5. The summed E-state index contributed by atoms with van der Waals surface area (Å²) in [6.45, 7) is 4.66. The van der Waals surface area contributed by atoms with Crippen molar-refractivity contribution in [2.75, 3.05) is 5.01 Å². The predicted octanol–water partition coefficient (Wildman–Crippen LogP) is 2.71. The van der Waals surface area contributed by atoms with Crippen LogP contribution >= 0.6 is 0 Å². The number of anilines is 1. The average Bonchev–Trinajstić information content (AvgIpc) is 3.08. The van der Waals surface area contributed by atoms with Crippen LogP contribution in [0.4, 0.5) is 5.69 Å². The standard InChI is InChI=1S/C16H16N4O/c1-3-19-10-9-13(18-19)11-15-12(2)17-20(16(15)21)14-7-5-4-6-8-14/h4-11H,3H2,1-2H3/b15-11+. The molecule has 0 saturated carbocycles. The van der Waals surface area contributed by atoms with Gasteiger partial charge >= 0.3 is 0 Å². The van der Waals surface area contributed by atoms with Gasteiger partial charge in [-0.05, 0) is 38.1 Å². The van der Waals surface area contributed by atoms with Crippen LogP contribution in [-0.2, 0) is 11.3 Å². The van der Waals surface area contributed by atoms with E-state index in [9.17, 15) is 4.79 Å². The van der Waals surface area contributed by atoms with Crippen molar-refractivity contribution >= 4 is 23.4 Å². The zero-order valence-electron chi connectivity index (χ0n) is 12.0. The second-order valence-electron chi connectivity index (χ2n) is 4.79. The molecule has 1 aliphatic rings. The fourth-order valence-electron chi connectivity index (χ4n) is 2.21. The van der Waals surface area contributed by atoms with Gasteiger partial charge in [0.25, 0.3) is 5.91 Å². The van der Waals surface area contributed by atoms with E-state index < -0.39 is 0 Å². The molecule has 0 unspecified atom stereocenters. The third-order valence-corrected chi connectivity index (χ3v) is 3.34. The molecule has 0 radical (unpaired) electrons. The summed E-state index contributed by atoms with van der Waals surface area (Å²) in [4.78, 5) is 12.5. The highest BCUT2D eigenvalue weighted by molar-refractivity contribution is 6.32. The predicted molar refractivity (Wildman–Crippen MR) is 82.9 cm³/mol. The molecule has 0 bridgehead atoms. The van der Waals surface area contributed by atoms with Gasteiger partial charge in [-0.25, -0.2) is 0 Å². The van der Waals surface area contributed by atoms with E-state index >= 15 is 0 Å². The molecular formula is C16H16N4O. The zero-order valence-corrected chi connectivity index (χ0v) is 12.0. The number of hydrogen-bond donors (Lipinski definition) is 0. The number of rotatable bonds is 3. The Morgan fingerprint density at radius 1 is 1.19 bits per heavy atom. The number of hydrogen-bond acceptors (Lipinski definition) is 3. The number of hydrazone groups is 1. The first kappa shape index (κ1) is 13.3. The molecule has 1 amide bonds. The molecule has 1 aromatic carbocycles. The van der Waals surface area contributed by atoms with Crippen molar-refractivity contribution in [3.8, 4) is 0 Å². The summed E-state index contributed by atoms with van der Waals surface area (Å²) < 4.78 is 1.83. The fourth-order valence-corrected chi connectivity index (χ4v) is 2.21. The van der Waals surface area contributed by atoms with Crippen molar-refractivity contribution in [2.45, 2.75) is 20.4 Å². The normalized spacial score (nSPS) is 16.7. The minimum Gasteiger partial charge on any atom is -0.272 e. The molecule has 21 heavy (non-hydrogen) atoms. The van der Waals surface area contributed by atoms with Crippen LogP contribution in [-0.4, -0.2) is 21.4 Å². The Morgan fingerprint density at radius 2 is 1.95 bits per heavy atom. The summed E-state index contributed by atoms with van der Waals surface area (Å²) >= 11 is 0. The molecule has 1 aromatic heterocycles. The van der Waals surface area contributed by atoms with Gasteiger partial charge in [0.1, 0.15) is 0 Å². The van der Waals surface area contributed by atoms with Gasteiger partial charge in [0.2, 0.25) is 0 Å². The maximum absolute atomic E-state index is 12.5. The Bertz CT molecular complexity index is 728. The van der Waals surface area contributed by atoms with E-state index in [1.165, 1.54) is 5.01 Å². The molecule has 0 fully saturated rings. The summed E-state index contributed by atoms with van der Waals surface area (Å²) in [7, 11) is 0. The zero-order chi connectivity index (χ0) is 14.8. The van der Waals surface area contributed by atoms with Gasteiger partial charge in [-0.2, -0.15) is 15.2 Å². The summed E-state index contributed by atoms with van der Waals surface area (Å²) in [5.74, 6) is -0.121. The Hall–Kier alpha value is -2.69. The van der Waals surface area contributed by atoms with Gasteiger partial charge in [-0.15, -0.1) is 0 Å². The second-order valence-corrected chi connectivity index (χ2v) is 4.79. The van der Waals surface area contributed by atoms with Crippen molar-refractivity contribution < 1.29 is 4.79 Å². The lowest BCUT2D eigenvalue weighted by Crippen LogP contribution is -2.21. The largest absolute Gasteiger partial charge is 0.280 e. The molecule has 0 N–H and O–H groups in total. The lowest BCUT2D eigenvalue weighted by atomic mass is 10.1. The molecule has 106 valence electrons. The van der Waals surface area contributed by atoms with E-state index in [4.69, 9.17) is 0 Å². The molecule has 0 aliphatic carbocycles. The fraction of sp³-hybridized carbons (Fsp3) is 0.188. The van der Waals surface area contributed by atoms with Crippen LogP contribution in [0.25, 0.3) is 6.08 Å². The topological polar surface area (TPSA) is 50.5 Å². The molecule has 0 saturated heterocycles. The maximum Gasteiger partial charge on any atom is 0.280 e. The van der Waals surface area contributed by atoms with Crippen molar-refractivity contribution in [1.29, 1.82) is 0 Å². The highest BCUT2D eigenvalue weighted by Gasteiger charge is 2.28. The van der Waals surface area contributed by atoms with E-state index in [0.717, 1.165) is 17.9 Å². The first-order valence-electron chi connectivity index (χ1n) is 6.89. The van der Waals surface area contributed by atoms with Crippen LogP contribution < -0.4 is 5.01 Å². The lowest BCUT2D eigenvalue weighted by Gasteiger charge is -2.10. The third kappa shape index (κ3) is 2.50. The molecule has 5 heteroatoms. The summed E-state index contributed by atoms with van der Waals surface area (Å²) in [6, 6.07) is 11.3. The van der Waals surface area contributed by atoms with Crippen molar-refractivity contribution in [3.05, 3.63) is 53.9 Å². The molecule has 0 atom stereocenters. The highest BCUT2D eigenvalue weighted by atomic mass is 16.2. The Kier molecular flexibility index (Phi) is 3.39. The number of nitrogens with zero attached hydrogens (tertiary/aromatic N) is 4. The van der Waals surface area contributed by atoms with Crippen LogP contribution in [0.2, 0.25) is 0 Å². The van der Waals surface area contributed by atoms with Crippen LogP contribution in [0, 0.1) is 0 Å². The number of carbonyl (C=O) groups excluding carboxylic acids is 1. The Morgan fingerprint density at radius 3 is 2.62 bits per heavy atom. The van der Waals surface area contributed by atoms with E-state index in [1.54, 1.807) is 6.08 Å². The first-order valence-corrected chi connectivity index (χ1v) is 6.89. The number of aryl methyl sites for hydroxylation is 1. The Balaban J connectivity index is 1.92. The van der Waals surface area contributed by atoms with E-state index in [2.05, 4.69) is 10.2 Å². The molecular weight excluding hydrogens is 264 g/mol. The van der Waals surface area contributed by atoms with Crippen LogP contribution in [0.15, 0.2) is 53.3 Å². The SMILES string of the molecule is CCn1ccc(/C=C2/C(=O)N(c3ccccc3)N=C2C)n1. The lowest BCUT2D eigenvalue weighted by molar-refractivity contribution is -0.114. The highest BCUT2D eigenvalue weighted by Crippen LogP contribution is 2.24. The van der Waals surface area contributed by atoms with E-state index in [0.29, 0.717) is 11.3 Å². The van der Waals surface area contributed by atoms with E-state index in [-0.39, 0.29) is 5.91 Å². The monoisotopic (exact) mass is 280 g/mol. The van der Waals surface area contributed by atoms with Gasteiger partial charge in [0.15, 0.2) is 0 Å². The van der Waals surface area contributed by atoms with Gasteiger partial charge in [-0.1, -0.05) is 18.2 Å². The summed E-state index contributed by atoms with van der Waals surface area (Å²) in [5, 5.41) is 10.1. The average molecular weight is 280 g/mol. The number of aromatic nitrogens is 2. The summed E-state index contributed by atoms with van der Waals surface area (Å²) in [5.41, 5.74) is 2.82.